The molecule has 0 saturated carbocycles. The van der Waals surface area contributed by atoms with Gasteiger partial charge in [-0.25, -0.2) is 0 Å². The van der Waals surface area contributed by atoms with Gasteiger partial charge in [0.15, 0.2) is 5.76 Å². The summed E-state index contributed by atoms with van der Waals surface area (Å²) >= 11 is 0. The van der Waals surface area contributed by atoms with E-state index in [-0.39, 0.29) is 18.1 Å². The average molecular weight is 304 g/mol. The number of carbonyl (C=O) groups is 2. The fourth-order valence-electron chi connectivity index (χ4n) is 1.64. The lowest BCUT2D eigenvalue weighted by atomic mass is 10.3. The van der Waals surface area contributed by atoms with Crippen LogP contribution >= 0.6 is 0 Å². The molecule has 7 nitrogen and oxygen atoms in total. The van der Waals surface area contributed by atoms with Crippen LogP contribution in [0.5, 0.6) is 0 Å². The predicted molar refractivity (Wildman–Crippen MR) is 77.6 cm³/mol. The van der Waals surface area contributed by atoms with Crippen molar-refractivity contribution in [3.05, 3.63) is 54.0 Å². The molecule has 2 aromatic rings. The van der Waals surface area contributed by atoms with Gasteiger partial charge in [0.25, 0.3) is 11.8 Å². The minimum Gasteiger partial charge on any atom is -0.465 e. The number of hydrogen-bond acceptors (Lipinski definition) is 5. The van der Waals surface area contributed by atoms with Gasteiger partial charge in [-0.05, 0) is 30.7 Å². The second kappa shape index (κ2) is 7.84. The van der Waals surface area contributed by atoms with Crippen molar-refractivity contribution in [3.63, 3.8) is 0 Å². The van der Waals surface area contributed by atoms with Crippen LogP contribution in [0, 0.1) is 0 Å². The molecule has 0 unspecified atom stereocenters. The molecule has 0 aliphatic rings. The van der Waals surface area contributed by atoms with Crippen LogP contribution in [0.15, 0.2) is 51.3 Å². The van der Waals surface area contributed by atoms with Crippen LogP contribution in [0.4, 0.5) is 0 Å². The summed E-state index contributed by atoms with van der Waals surface area (Å²) in [4.78, 5) is 24.1. The summed E-state index contributed by atoms with van der Waals surface area (Å²) in [5.74, 6) is -0.509. The molecule has 2 amide bonds. The Kier molecular flexibility index (Phi) is 5.56. The van der Waals surface area contributed by atoms with E-state index in [0.29, 0.717) is 18.7 Å². The smallest absolute Gasteiger partial charge is 0.291 e. The van der Waals surface area contributed by atoms with Gasteiger partial charge in [-0.3, -0.25) is 9.59 Å². The number of aliphatic hydroxyl groups excluding tert-OH is 1. The maximum absolute atomic E-state index is 12.1. The molecule has 0 fully saturated rings. The van der Waals surface area contributed by atoms with E-state index >= 15 is 0 Å². The molecular formula is C15H16N2O5. The van der Waals surface area contributed by atoms with Crippen LogP contribution in [-0.2, 0) is 4.79 Å². The van der Waals surface area contributed by atoms with Crippen LogP contribution < -0.4 is 10.6 Å². The van der Waals surface area contributed by atoms with Crippen LogP contribution in [0.2, 0.25) is 0 Å². The molecule has 0 aliphatic carbocycles. The third-order valence-electron chi connectivity index (χ3n) is 2.69. The second-order valence-corrected chi connectivity index (χ2v) is 4.34. The van der Waals surface area contributed by atoms with Crippen LogP contribution in [0.25, 0.3) is 6.08 Å². The Balaban J connectivity index is 2.11. The molecule has 2 heterocycles. The minimum atomic E-state index is -0.542. The zero-order chi connectivity index (χ0) is 15.8. The van der Waals surface area contributed by atoms with Crippen molar-refractivity contribution >= 4 is 17.9 Å². The Hall–Kier alpha value is -2.80. The van der Waals surface area contributed by atoms with Gasteiger partial charge in [-0.1, -0.05) is 0 Å². The van der Waals surface area contributed by atoms with Crippen molar-refractivity contribution in [2.75, 3.05) is 13.2 Å². The van der Waals surface area contributed by atoms with E-state index in [9.17, 15) is 9.59 Å². The van der Waals surface area contributed by atoms with Gasteiger partial charge in [0.1, 0.15) is 11.5 Å². The monoisotopic (exact) mass is 304 g/mol. The number of nitrogens with one attached hydrogen (secondary N) is 2. The van der Waals surface area contributed by atoms with E-state index in [1.165, 1.54) is 24.7 Å². The standard InChI is InChI=1S/C15H16N2O5/c18-7-3-6-16-14(19)12(10-11-4-1-8-21-11)17-15(20)13-5-2-9-22-13/h1-2,4-5,8-10,18H,3,6-7H2,(H,16,19)(H,17,20). The summed E-state index contributed by atoms with van der Waals surface area (Å²) in [6.45, 7) is 0.262. The lowest BCUT2D eigenvalue weighted by Crippen LogP contribution is -2.35. The number of furan rings is 2. The molecule has 0 aliphatic heterocycles. The maximum atomic E-state index is 12.1. The first-order valence-corrected chi connectivity index (χ1v) is 6.70. The first-order chi connectivity index (χ1) is 10.7. The summed E-state index contributed by atoms with van der Waals surface area (Å²) in [6, 6.07) is 6.39. The molecule has 0 aromatic carbocycles. The number of rotatable bonds is 7. The third-order valence-corrected chi connectivity index (χ3v) is 2.69. The Morgan fingerprint density at radius 1 is 1.18 bits per heavy atom. The molecule has 116 valence electrons. The lowest BCUT2D eigenvalue weighted by Gasteiger charge is -2.09. The molecule has 0 saturated heterocycles. The highest BCUT2D eigenvalue weighted by atomic mass is 16.3. The van der Waals surface area contributed by atoms with Gasteiger partial charge in [0.2, 0.25) is 0 Å². The highest BCUT2D eigenvalue weighted by Crippen LogP contribution is 2.08. The van der Waals surface area contributed by atoms with Gasteiger partial charge in [-0.15, -0.1) is 0 Å². The van der Waals surface area contributed by atoms with Crippen molar-refractivity contribution in [1.82, 2.24) is 10.6 Å². The molecule has 0 bridgehead atoms. The summed E-state index contributed by atoms with van der Waals surface area (Å²) < 4.78 is 10.1. The summed E-state index contributed by atoms with van der Waals surface area (Å²) in [6.07, 6.45) is 4.66. The Labute approximate surface area is 126 Å². The normalized spacial score (nSPS) is 11.2. The first-order valence-electron chi connectivity index (χ1n) is 6.70. The number of carbonyl (C=O) groups excluding carboxylic acids is 2. The fraction of sp³-hybridized carbons (Fsp3) is 0.200. The SMILES string of the molecule is O=C(NCCCO)C(=Cc1ccco1)NC(=O)c1ccco1. The van der Waals surface area contributed by atoms with Crippen LogP contribution in [0.3, 0.4) is 0 Å². The van der Waals surface area contributed by atoms with Gasteiger partial charge in [-0.2, -0.15) is 0 Å². The predicted octanol–water partition coefficient (Wildman–Crippen LogP) is 1.14. The van der Waals surface area contributed by atoms with E-state index in [1.54, 1.807) is 18.2 Å². The molecule has 7 heteroatoms. The molecule has 0 spiro atoms. The van der Waals surface area contributed by atoms with E-state index < -0.39 is 11.8 Å². The molecule has 3 N–H and O–H groups in total. The van der Waals surface area contributed by atoms with Gasteiger partial charge in [0.05, 0.1) is 12.5 Å². The summed E-state index contributed by atoms with van der Waals surface area (Å²) in [7, 11) is 0. The van der Waals surface area contributed by atoms with E-state index in [4.69, 9.17) is 13.9 Å². The molecular weight excluding hydrogens is 288 g/mol. The largest absolute Gasteiger partial charge is 0.465 e. The Morgan fingerprint density at radius 2 is 1.95 bits per heavy atom. The molecule has 0 atom stereocenters. The number of aliphatic hydroxyl groups is 1. The van der Waals surface area contributed by atoms with Crippen LogP contribution in [-0.4, -0.2) is 30.1 Å². The van der Waals surface area contributed by atoms with E-state index in [1.807, 2.05) is 0 Å². The number of amides is 2. The maximum Gasteiger partial charge on any atom is 0.291 e. The minimum absolute atomic E-state index is 0.0225. The van der Waals surface area contributed by atoms with Gasteiger partial charge >= 0.3 is 0 Å². The van der Waals surface area contributed by atoms with Crippen molar-refractivity contribution in [1.29, 1.82) is 0 Å². The van der Waals surface area contributed by atoms with Crippen molar-refractivity contribution in [3.8, 4) is 0 Å². The van der Waals surface area contributed by atoms with Gasteiger partial charge < -0.3 is 24.6 Å². The third kappa shape index (κ3) is 4.35. The fourth-order valence-corrected chi connectivity index (χ4v) is 1.64. The molecule has 2 aromatic heterocycles. The highest BCUT2D eigenvalue weighted by molar-refractivity contribution is 6.04. The second-order valence-electron chi connectivity index (χ2n) is 4.34. The molecule has 0 radical (unpaired) electrons. The number of hydrogen-bond donors (Lipinski definition) is 3. The first kappa shape index (κ1) is 15.6. The Morgan fingerprint density at radius 3 is 2.59 bits per heavy atom. The molecule has 22 heavy (non-hydrogen) atoms. The topological polar surface area (TPSA) is 105 Å². The lowest BCUT2D eigenvalue weighted by molar-refractivity contribution is -0.117. The highest BCUT2D eigenvalue weighted by Gasteiger charge is 2.16. The van der Waals surface area contributed by atoms with Gasteiger partial charge in [0, 0.05) is 19.2 Å². The van der Waals surface area contributed by atoms with E-state index in [2.05, 4.69) is 10.6 Å². The quantitative estimate of drug-likeness (QED) is 0.525. The van der Waals surface area contributed by atoms with E-state index in [0.717, 1.165) is 0 Å². The van der Waals surface area contributed by atoms with Crippen LogP contribution in [0.1, 0.15) is 22.7 Å². The average Bonchev–Trinajstić information content (AvgIpc) is 3.20. The zero-order valence-electron chi connectivity index (χ0n) is 11.7. The van der Waals surface area contributed by atoms with Crippen molar-refractivity contribution < 1.29 is 23.5 Å². The Bertz CT molecular complexity index is 629. The van der Waals surface area contributed by atoms with Crippen molar-refractivity contribution in [2.45, 2.75) is 6.42 Å². The summed E-state index contributed by atoms with van der Waals surface area (Å²) in [5, 5.41) is 13.8. The molecule has 2 rings (SSSR count). The zero-order valence-corrected chi connectivity index (χ0v) is 11.7. The summed E-state index contributed by atoms with van der Waals surface area (Å²) in [5.41, 5.74) is 0.0225. The van der Waals surface area contributed by atoms with Crippen molar-refractivity contribution in [2.24, 2.45) is 0 Å².